The Balaban J connectivity index is 2.82. The first-order valence-electron chi connectivity index (χ1n) is 6.77. The van der Waals surface area contributed by atoms with Gasteiger partial charge in [0.25, 0.3) is 0 Å². The molecule has 1 aromatic rings. The summed E-state index contributed by atoms with van der Waals surface area (Å²) in [5.41, 5.74) is 2.04. The largest absolute Gasteiger partial charge is 0.414 e. The molecular weight excluding hydrogens is 267 g/mol. The first-order chi connectivity index (χ1) is 9.25. The van der Waals surface area contributed by atoms with Gasteiger partial charge in [-0.15, -0.1) is 0 Å². The summed E-state index contributed by atoms with van der Waals surface area (Å²) in [7, 11) is 0. The number of ether oxygens (including phenoxy) is 1. The molecule has 0 aromatic heterocycles. The molecule has 114 valence electrons. The number of halogens is 3. The second-order valence-corrected chi connectivity index (χ2v) is 4.97. The first-order valence-corrected chi connectivity index (χ1v) is 6.77. The van der Waals surface area contributed by atoms with Gasteiger partial charge in [-0.05, 0) is 32.9 Å². The van der Waals surface area contributed by atoms with Crippen LogP contribution in [0.1, 0.15) is 37.9 Å². The molecule has 3 unspecified atom stereocenters. The maximum atomic E-state index is 12.6. The van der Waals surface area contributed by atoms with E-state index in [1.165, 1.54) is 0 Å². The lowest BCUT2D eigenvalue weighted by atomic mass is 10.0. The molecule has 0 saturated heterocycles. The number of alkyl halides is 3. The van der Waals surface area contributed by atoms with Crippen molar-refractivity contribution in [3.63, 3.8) is 0 Å². The van der Waals surface area contributed by atoms with Crippen molar-refractivity contribution in [3.05, 3.63) is 35.4 Å². The van der Waals surface area contributed by atoms with Gasteiger partial charge in [-0.1, -0.05) is 36.8 Å². The highest BCUT2D eigenvalue weighted by Gasteiger charge is 2.39. The normalized spacial score (nSPS) is 16.8. The van der Waals surface area contributed by atoms with Gasteiger partial charge >= 0.3 is 6.18 Å². The number of hydrogen-bond acceptors (Lipinski definition) is 2. The van der Waals surface area contributed by atoms with E-state index in [1.807, 2.05) is 38.1 Å². The molecular formula is C15H22F3NO. The van der Waals surface area contributed by atoms with E-state index >= 15 is 0 Å². The highest BCUT2D eigenvalue weighted by Crippen LogP contribution is 2.27. The predicted molar refractivity (Wildman–Crippen MR) is 73.7 cm³/mol. The Kier molecular flexibility index (Phi) is 6.02. The van der Waals surface area contributed by atoms with Crippen molar-refractivity contribution in [1.82, 2.24) is 5.32 Å². The van der Waals surface area contributed by atoms with Gasteiger partial charge in [0.2, 0.25) is 0 Å². The molecule has 0 spiro atoms. The fourth-order valence-electron chi connectivity index (χ4n) is 2.03. The van der Waals surface area contributed by atoms with Gasteiger partial charge < -0.3 is 10.1 Å². The quantitative estimate of drug-likeness (QED) is 0.854. The van der Waals surface area contributed by atoms with Crippen LogP contribution in [0.2, 0.25) is 0 Å². The van der Waals surface area contributed by atoms with Crippen LogP contribution in [0.3, 0.4) is 0 Å². The van der Waals surface area contributed by atoms with Crippen molar-refractivity contribution in [1.29, 1.82) is 0 Å². The minimum Gasteiger partial charge on any atom is -0.364 e. The van der Waals surface area contributed by atoms with Crippen molar-refractivity contribution >= 4 is 0 Å². The summed E-state index contributed by atoms with van der Waals surface area (Å²) in [5, 5.41) is 3.18. The Bertz CT molecular complexity index is 403. The lowest BCUT2D eigenvalue weighted by Gasteiger charge is -2.29. The lowest BCUT2D eigenvalue weighted by molar-refractivity contribution is -0.227. The van der Waals surface area contributed by atoms with Gasteiger partial charge in [0, 0.05) is 0 Å². The van der Waals surface area contributed by atoms with Crippen molar-refractivity contribution in [2.75, 3.05) is 6.54 Å². The van der Waals surface area contributed by atoms with Crippen molar-refractivity contribution in [3.8, 4) is 0 Å². The number of hydrogen-bond donors (Lipinski definition) is 1. The summed E-state index contributed by atoms with van der Waals surface area (Å²) >= 11 is 0. The van der Waals surface area contributed by atoms with E-state index in [2.05, 4.69) is 5.32 Å². The summed E-state index contributed by atoms with van der Waals surface area (Å²) < 4.78 is 42.8. The number of nitrogens with one attached hydrogen (secondary N) is 1. The molecule has 3 atom stereocenters. The molecule has 0 saturated carbocycles. The molecule has 1 aromatic carbocycles. The molecule has 0 bridgehead atoms. The summed E-state index contributed by atoms with van der Waals surface area (Å²) in [6.07, 6.45) is -6.68. The van der Waals surface area contributed by atoms with E-state index in [4.69, 9.17) is 4.74 Å². The van der Waals surface area contributed by atoms with Gasteiger partial charge in [0.15, 0.2) is 6.10 Å². The predicted octanol–water partition coefficient (Wildman–Crippen LogP) is 4.00. The van der Waals surface area contributed by atoms with Crippen LogP contribution in [0, 0.1) is 6.92 Å². The highest BCUT2D eigenvalue weighted by atomic mass is 19.4. The van der Waals surface area contributed by atoms with Crippen LogP contribution >= 0.6 is 0 Å². The Morgan fingerprint density at radius 3 is 2.15 bits per heavy atom. The molecule has 0 radical (unpaired) electrons. The number of rotatable bonds is 6. The zero-order valence-corrected chi connectivity index (χ0v) is 12.3. The Morgan fingerprint density at radius 2 is 1.70 bits per heavy atom. The second-order valence-electron chi connectivity index (χ2n) is 4.97. The van der Waals surface area contributed by atoms with E-state index in [0.717, 1.165) is 18.1 Å². The number of benzene rings is 1. The van der Waals surface area contributed by atoms with Crippen LogP contribution in [-0.4, -0.2) is 24.9 Å². The van der Waals surface area contributed by atoms with Crippen LogP contribution in [0.25, 0.3) is 0 Å². The van der Waals surface area contributed by atoms with Crippen LogP contribution < -0.4 is 5.32 Å². The van der Waals surface area contributed by atoms with Gasteiger partial charge in [0.1, 0.15) is 0 Å². The van der Waals surface area contributed by atoms with Crippen LogP contribution in [0.5, 0.6) is 0 Å². The molecule has 0 aliphatic rings. The monoisotopic (exact) mass is 289 g/mol. The highest BCUT2D eigenvalue weighted by molar-refractivity contribution is 5.24. The van der Waals surface area contributed by atoms with Crippen molar-refractivity contribution in [2.24, 2.45) is 0 Å². The summed E-state index contributed by atoms with van der Waals surface area (Å²) in [4.78, 5) is 0. The standard InChI is InChI=1S/C15H22F3NO/c1-5-19-14(13-8-6-10(2)7-9-13)11(3)20-12(4)15(16,17)18/h6-9,11-12,14,19H,5H2,1-4H3. The maximum absolute atomic E-state index is 12.6. The third kappa shape index (κ3) is 4.80. The van der Waals surface area contributed by atoms with E-state index in [1.54, 1.807) is 6.92 Å². The number of likely N-dealkylation sites (N-methyl/N-ethyl adjacent to an activating group) is 1. The van der Waals surface area contributed by atoms with Crippen LogP contribution in [-0.2, 0) is 4.74 Å². The molecule has 5 heteroatoms. The molecule has 2 nitrogen and oxygen atoms in total. The zero-order chi connectivity index (χ0) is 15.3. The van der Waals surface area contributed by atoms with Gasteiger partial charge in [-0.3, -0.25) is 0 Å². The maximum Gasteiger partial charge on any atom is 0.414 e. The molecule has 0 aliphatic heterocycles. The third-order valence-corrected chi connectivity index (χ3v) is 3.21. The van der Waals surface area contributed by atoms with E-state index < -0.39 is 18.4 Å². The first kappa shape index (κ1) is 17.0. The van der Waals surface area contributed by atoms with Gasteiger partial charge in [0.05, 0.1) is 12.1 Å². The molecule has 0 fully saturated rings. The van der Waals surface area contributed by atoms with Crippen molar-refractivity contribution < 1.29 is 17.9 Å². The van der Waals surface area contributed by atoms with Gasteiger partial charge in [-0.2, -0.15) is 13.2 Å². The molecule has 0 aliphatic carbocycles. The molecule has 0 amide bonds. The number of aryl methyl sites for hydroxylation is 1. The molecule has 1 rings (SSSR count). The summed E-state index contributed by atoms with van der Waals surface area (Å²) in [6, 6.07) is 7.46. The Morgan fingerprint density at radius 1 is 1.15 bits per heavy atom. The topological polar surface area (TPSA) is 21.3 Å². The van der Waals surface area contributed by atoms with E-state index in [9.17, 15) is 13.2 Å². The summed E-state index contributed by atoms with van der Waals surface area (Å²) in [6.45, 7) is 7.25. The molecule has 1 N–H and O–H groups in total. The minimum absolute atomic E-state index is 0.259. The molecule has 0 heterocycles. The van der Waals surface area contributed by atoms with Crippen LogP contribution in [0.4, 0.5) is 13.2 Å². The third-order valence-electron chi connectivity index (χ3n) is 3.21. The molecule has 20 heavy (non-hydrogen) atoms. The smallest absolute Gasteiger partial charge is 0.364 e. The zero-order valence-electron chi connectivity index (χ0n) is 12.3. The van der Waals surface area contributed by atoms with E-state index in [-0.39, 0.29) is 6.04 Å². The second kappa shape index (κ2) is 7.09. The van der Waals surface area contributed by atoms with Gasteiger partial charge in [-0.25, -0.2) is 0 Å². The average Bonchev–Trinajstić information content (AvgIpc) is 2.36. The Labute approximate surface area is 118 Å². The van der Waals surface area contributed by atoms with Crippen LogP contribution in [0.15, 0.2) is 24.3 Å². The van der Waals surface area contributed by atoms with Crippen molar-refractivity contribution in [2.45, 2.75) is 52.1 Å². The fourth-order valence-corrected chi connectivity index (χ4v) is 2.03. The summed E-state index contributed by atoms with van der Waals surface area (Å²) in [5.74, 6) is 0. The minimum atomic E-state index is -4.34. The lowest BCUT2D eigenvalue weighted by Crippen LogP contribution is -2.38. The Hall–Kier alpha value is -1.07. The average molecular weight is 289 g/mol. The fraction of sp³-hybridized carbons (Fsp3) is 0.600. The van der Waals surface area contributed by atoms with E-state index in [0.29, 0.717) is 6.54 Å². The SMILES string of the molecule is CCNC(c1ccc(C)cc1)C(C)OC(C)C(F)(F)F.